The number of nitrogens with one attached hydrogen (secondary N) is 2. The molecular weight excluding hydrogens is 436 g/mol. The highest BCUT2D eigenvalue weighted by Crippen LogP contribution is 2.65. The summed E-state index contributed by atoms with van der Waals surface area (Å²) in [6.07, 6.45) is 9.09. The van der Waals surface area contributed by atoms with Crippen LogP contribution in [0.15, 0.2) is 30.6 Å². The fraction of sp³-hybridized carbons (Fsp3) is 0.550. The van der Waals surface area contributed by atoms with Crippen LogP contribution in [0.3, 0.4) is 0 Å². The molecule has 29 heavy (non-hydrogen) atoms. The van der Waals surface area contributed by atoms with Crippen LogP contribution in [-0.4, -0.2) is 36.3 Å². The summed E-state index contributed by atoms with van der Waals surface area (Å²) in [6, 6.07) is 6.84. The van der Waals surface area contributed by atoms with Crippen LogP contribution >= 0.6 is 15.9 Å². The van der Waals surface area contributed by atoms with E-state index >= 15 is 0 Å². The molecule has 1 aromatic heterocycles. The van der Waals surface area contributed by atoms with E-state index in [1.807, 2.05) is 0 Å². The number of hydrogen-bond acceptors (Lipinski definition) is 5. The van der Waals surface area contributed by atoms with Crippen molar-refractivity contribution in [2.24, 2.45) is 17.3 Å². The molecule has 0 radical (unpaired) electrons. The number of amides is 2. The van der Waals surface area contributed by atoms with E-state index in [1.165, 1.54) is 30.3 Å². The SMILES string of the molecule is O=C(CC12CC3CC(CC(Br)(C3)C1)C2)NNC(=O)c1ccc(-n2cnnn2)cc1. The van der Waals surface area contributed by atoms with Crippen LogP contribution in [0.1, 0.15) is 55.3 Å². The van der Waals surface area contributed by atoms with Crippen LogP contribution in [0.25, 0.3) is 5.69 Å². The van der Waals surface area contributed by atoms with Crippen molar-refractivity contribution in [3.8, 4) is 5.69 Å². The van der Waals surface area contributed by atoms with Gasteiger partial charge in [-0.2, -0.15) is 0 Å². The third-order valence-electron chi connectivity index (χ3n) is 6.70. The van der Waals surface area contributed by atoms with Crippen molar-refractivity contribution in [3.05, 3.63) is 36.2 Å². The highest BCUT2D eigenvalue weighted by atomic mass is 79.9. The van der Waals surface area contributed by atoms with E-state index in [9.17, 15) is 9.59 Å². The Bertz CT molecular complexity index is 915. The number of nitrogens with zero attached hydrogens (tertiary/aromatic N) is 4. The molecule has 2 aromatic rings. The zero-order chi connectivity index (χ0) is 20.1. The first-order valence-corrected chi connectivity index (χ1v) is 10.8. The normalized spacial score (nSPS) is 32.2. The second-order valence-electron chi connectivity index (χ2n) is 9.09. The predicted octanol–water partition coefficient (Wildman–Crippen LogP) is 2.55. The molecule has 2 atom stereocenters. The van der Waals surface area contributed by atoms with Gasteiger partial charge in [-0.1, -0.05) is 15.9 Å². The fourth-order valence-corrected chi connectivity index (χ4v) is 7.68. The van der Waals surface area contributed by atoms with E-state index in [2.05, 4.69) is 42.3 Å². The summed E-state index contributed by atoms with van der Waals surface area (Å²) >= 11 is 3.98. The maximum atomic E-state index is 12.6. The second kappa shape index (κ2) is 6.90. The van der Waals surface area contributed by atoms with Gasteiger partial charge in [0, 0.05) is 16.3 Å². The number of hydrogen-bond donors (Lipinski definition) is 2. The molecule has 152 valence electrons. The first kappa shape index (κ1) is 18.7. The number of aromatic nitrogens is 4. The monoisotopic (exact) mass is 458 g/mol. The van der Waals surface area contributed by atoms with Gasteiger partial charge in [-0.05, 0) is 90.5 Å². The molecule has 2 amide bonds. The van der Waals surface area contributed by atoms with E-state index in [-0.39, 0.29) is 21.6 Å². The van der Waals surface area contributed by atoms with Crippen molar-refractivity contribution in [1.29, 1.82) is 0 Å². The fourth-order valence-electron chi connectivity index (χ4n) is 6.17. The standard InChI is InChI=1S/C20H23BrN6O2/c21-20-8-13-5-14(9-20)7-19(6-13,11-20)10-17(28)23-24-18(29)15-1-3-16(4-2-15)27-12-22-25-26-27/h1-4,12-14H,5-11H2,(H,23,28)(H,24,29). The number of hydrazine groups is 1. The molecular formula is C20H23BrN6O2. The lowest BCUT2D eigenvalue weighted by Gasteiger charge is -2.60. The summed E-state index contributed by atoms with van der Waals surface area (Å²) in [5.74, 6) is 1.01. The largest absolute Gasteiger partial charge is 0.273 e. The minimum Gasteiger partial charge on any atom is -0.273 e. The quantitative estimate of drug-likeness (QED) is 0.541. The average molecular weight is 459 g/mol. The number of halogens is 1. The molecule has 2 unspecified atom stereocenters. The van der Waals surface area contributed by atoms with Crippen molar-refractivity contribution in [2.45, 2.75) is 49.3 Å². The van der Waals surface area contributed by atoms with E-state index in [0.717, 1.165) is 36.8 Å². The summed E-state index contributed by atoms with van der Waals surface area (Å²) in [5, 5.41) is 11.0. The lowest BCUT2D eigenvalue weighted by Crippen LogP contribution is -2.54. The van der Waals surface area contributed by atoms with Gasteiger partial charge in [0.15, 0.2) is 0 Å². The van der Waals surface area contributed by atoms with Crippen molar-refractivity contribution in [3.63, 3.8) is 0 Å². The Morgan fingerprint density at radius 1 is 1.10 bits per heavy atom. The molecule has 1 heterocycles. The van der Waals surface area contributed by atoms with E-state index < -0.39 is 0 Å². The molecule has 1 aromatic carbocycles. The molecule has 4 aliphatic carbocycles. The Hall–Kier alpha value is -2.29. The number of carbonyl (C=O) groups excluding carboxylic acids is 2. The third kappa shape index (κ3) is 3.68. The highest BCUT2D eigenvalue weighted by Gasteiger charge is 2.57. The number of rotatable bonds is 4. The first-order chi connectivity index (χ1) is 13.9. The van der Waals surface area contributed by atoms with Crippen molar-refractivity contribution < 1.29 is 9.59 Å². The van der Waals surface area contributed by atoms with Gasteiger partial charge in [0.25, 0.3) is 5.91 Å². The summed E-state index contributed by atoms with van der Waals surface area (Å²) in [6.45, 7) is 0. The summed E-state index contributed by atoms with van der Waals surface area (Å²) in [5.41, 5.74) is 6.45. The summed E-state index contributed by atoms with van der Waals surface area (Å²) in [7, 11) is 0. The Morgan fingerprint density at radius 2 is 1.83 bits per heavy atom. The topological polar surface area (TPSA) is 102 Å². The maximum absolute atomic E-state index is 12.6. The third-order valence-corrected chi connectivity index (χ3v) is 7.63. The first-order valence-electron chi connectivity index (χ1n) is 10.0. The zero-order valence-corrected chi connectivity index (χ0v) is 17.6. The minimum absolute atomic E-state index is 0.0792. The van der Waals surface area contributed by atoms with Crippen molar-refractivity contribution in [2.75, 3.05) is 0 Å². The predicted molar refractivity (Wildman–Crippen MR) is 108 cm³/mol. The van der Waals surface area contributed by atoms with Gasteiger partial charge in [-0.25, -0.2) is 4.68 Å². The van der Waals surface area contributed by atoms with Crippen LogP contribution < -0.4 is 10.9 Å². The van der Waals surface area contributed by atoms with E-state index in [4.69, 9.17) is 0 Å². The molecule has 4 aliphatic rings. The van der Waals surface area contributed by atoms with Crippen LogP contribution in [0.4, 0.5) is 0 Å². The van der Waals surface area contributed by atoms with Gasteiger partial charge in [0.2, 0.25) is 5.91 Å². The number of tetrazole rings is 1. The Morgan fingerprint density at radius 3 is 2.45 bits per heavy atom. The molecule has 0 aliphatic heterocycles. The molecule has 9 heteroatoms. The molecule has 4 fully saturated rings. The molecule has 4 saturated carbocycles. The molecule has 8 nitrogen and oxygen atoms in total. The Kier molecular flexibility index (Phi) is 4.45. The second-order valence-corrected chi connectivity index (χ2v) is 10.8. The summed E-state index contributed by atoms with van der Waals surface area (Å²) in [4.78, 5) is 25.0. The van der Waals surface area contributed by atoms with Crippen molar-refractivity contribution >= 4 is 27.7 Å². The summed E-state index contributed by atoms with van der Waals surface area (Å²) < 4.78 is 1.73. The van der Waals surface area contributed by atoms with Gasteiger partial charge in [-0.15, -0.1) is 5.10 Å². The smallest absolute Gasteiger partial charge is 0.269 e. The highest BCUT2D eigenvalue weighted by molar-refractivity contribution is 9.10. The number of alkyl halides is 1. The number of carbonyl (C=O) groups is 2. The van der Waals surface area contributed by atoms with Crippen LogP contribution in [-0.2, 0) is 4.79 Å². The lowest BCUT2D eigenvalue weighted by atomic mass is 9.48. The van der Waals surface area contributed by atoms with Crippen LogP contribution in [0, 0.1) is 17.3 Å². The number of benzene rings is 1. The van der Waals surface area contributed by atoms with Gasteiger partial charge in [0.1, 0.15) is 6.33 Å². The van der Waals surface area contributed by atoms with Gasteiger partial charge in [0.05, 0.1) is 5.69 Å². The zero-order valence-electron chi connectivity index (χ0n) is 16.0. The lowest BCUT2D eigenvalue weighted by molar-refractivity contribution is -0.128. The minimum atomic E-state index is -0.343. The van der Waals surface area contributed by atoms with Crippen LogP contribution in [0.5, 0.6) is 0 Å². The Labute approximate surface area is 176 Å². The van der Waals surface area contributed by atoms with Gasteiger partial charge < -0.3 is 0 Å². The van der Waals surface area contributed by atoms with Gasteiger partial charge >= 0.3 is 0 Å². The molecule has 4 bridgehead atoms. The molecule has 6 rings (SSSR count). The maximum Gasteiger partial charge on any atom is 0.269 e. The van der Waals surface area contributed by atoms with E-state index in [0.29, 0.717) is 12.0 Å². The van der Waals surface area contributed by atoms with Crippen molar-refractivity contribution in [1.82, 2.24) is 31.1 Å². The molecule has 0 saturated heterocycles. The molecule has 2 N–H and O–H groups in total. The molecule has 0 spiro atoms. The Balaban J connectivity index is 1.17. The van der Waals surface area contributed by atoms with Crippen LogP contribution in [0.2, 0.25) is 0 Å². The average Bonchev–Trinajstić information content (AvgIpc) is 3.18. The van der Waals surface area contributed by atoms with Gasteiger partial charge in [-0.3, -0.25) is 20.4 Å². The van der Waals surface area contributed by atoms with E-state index in [1.54, 1.807) is 24.3 Å².